The first-order chi connectivity index (χ1) is 18.5. The first-order valence-corrected chi connectivity index (χ1v) is 14.8. The average Bonchev–Trinajstić information content (AvgIpc) is 2.90. The maximum Gasteiger partial charge on any atom is 0.157 e. The number of hydrogen-bond acceptors (Lipinski definition) is 6. The van der Waals surface area contributed by atoms with E-state index in [-0.39, 0.29) is 29.1 Å². The zero-order valence-electron chi connectivity index (χ0n) is 23.2. The summed E-state index contributed by atoms with van der Waals surface area (Å²) in [6, 6.07) is 7.37. The Morgan fingerprint density at radius 1 is 0.684 bits per heavy atom. The molecule has 1 aliphatic rings. The highest BCUT2D eigenvalue weighted by molar-refractivity contribution is 5.52. The first kappa shape index (κ1) is 29.9. The zero-order chi connectivity index (χ0) is 27.2. The van der Waals surface area contributed by atoms with E-state index in [1.165, 1.54) is 108 Å². The number of aromatic hydroxyl groups is 4. The summed E-state index contributed by atoms with van der Waals surface area (Å²) in [5.74, 6) is -0.127. The van der Waals surface area contributed by atoms with Gasteiger partial charge in [-0.15, -0.1) is 0 Å². The number of fused-ring (bicyclic) bond motifs is 1. The van der Waals surface area contributed by atoms with Gasteiger partial charge in [-0.1, -0.05) is 103 Å². The van der Waals surface area contributed by atoms with Crippen LogP contribution in [0.4, 0.5) is 0 Å². The predicted molar refractivity (Wildman–Crippen MR) is 151 cm³/mol. The first-order valence-electron chi connectivity index (χ1n) is 14.8. The maximum atomic E-state index is 10.3. The van der Waals surface area contributed by atoms with E-state index in [0.29, 0.717) is 29.9 Å². The highest BCUT2D eigenvalue weighted by Crippen LogP contribution is 2.43. The lowest BCUT2D eigenvalue weighted by Crippen LogP contribution is -2.33. The molecule has 0 spiro atoms. The summed E-state index contributed by atoms with van der Waals surface area (Å²) >= 11 is 0. The van der Waals surface area contributed by atoms with Crippen LogP contribution < -0.4 is 4.74 Å². The molecule has 38 heavy (non-hydrogen) atoms. The molecule has 0 aromatic heterocycles. The Morgan fingerprint density at radius 2 is 1.26 bits per heavy atom. The van der Waals surface area contributed by atoms with Crippen molar-refractivity contribution in [3.8, 4) is 28.7 Å². The number of phenolic OH excluding ortho intramolecular Hbond substituents is 4. The molecule has 0 radical (unpaired) electrons. The quantitative estimate of drug-likeness (QED) is 0.114. The second-order valence-electron chi connectivity index (χ2n) is 10.8. The standard InChI is InChI=1S/C32H48O6/c1-2-3-4-5-6-7-8-9-10-11-12-13-14-15-16-19-37-31-23-26-28(35)21-25(33)22-30(26)38-32(31)24-17-18-27(34)29(36)20-24/h17-18,20-22,31-36H,2-16,19,23H2,1H3/t31-,32+/m0/s1. The number of hydrogen-bond donors (Lipinski definition) is 4. The Kier molecular flexibility index (Phi) is 12.9. The number of rotatable bonds is 18. The van der Waals surface area contributed by atoms with Crippen LogP contribution in [-0.2, 0) is 11.2 Å². The van der Waals surface area contributed by atoms with Gasteiger partial charge in [0.05, 0.1) is 0 Å². The third-order valence-electron chi connectivity index (χ3n) is 7.57. The van der Waals surface area contributed by atoms with Gasteiger partial charge < -0.3 is 29.9 Å². The van der Waals surface area contributed by atoms with E-state index in [1.54, 1.807) is 6.07 Å². The van der Waals surface area contributed by atoms with Crippen molar-refractivity contribution in [3.05, 3.63) is 41.5 Å². The Bertz CT molecular complexity index is 959. The van der Waals surface area contributed by atoms with E-state index >= 15 is 0 Å². The molecule has 0 fully saturated rings. The second-order valence-corrected chi connectivity index (χ2v) is 10.8. The van der Waals surface area contributed by atoms with Crippen LogP contribution >= 0.6 is 0 Å². The molecule has 1 aliphatic heterocycles. The van der Waals surface area contributed by atoms with E-state index in [2.05, 4.69) is 6.92 Å². The van der Waals surface area contributed by atoms with Crippen LogP contribution in [0.15, 0.2) is 30.3 Å². The van der Waals surface area contributed by atoms with Gasteiger partial charge in [0.25, 0.3) is 0 Å². The molecule has 0 unspecified atom stereocenters. The third kappa shape index (κ3) is 9.61. The van der Waals surface area contributed by atoms with Crippen molar-refractivity contribution < 1.29 is 29.9 Å². The average molecular weight is 529 g/mol. The summed E-state index contributed by atoms with van der Waals surface area (Å²) in [4.78, 5) is 0. The van der Waals surface area contributed by atoms with E-state index in [4.69, 9.17) is 9.47 Å². The lowest BCUT2D eigenvalue weighted by Gasteiger charge is -2.34. The Hall–Kier alpha value is -2.60. The van der Waals surface area contributed by atoms with E-state index < -0.39 is 6.10 Å². The van der Waals surface area contributed by atoms with Crippen LogP contribution in [0.3, 0.4) is 0 Å². The summed E-state index contributed by atoms with van der Waals surface area (Å²) < 4.78 is 12.4. The van der Waals surface area contributed by atoms with Gasteiger partial charge in [0.2, 0.25) is 0 Å². The van der Waals surface area contributed by atoms with Gasteiger partial charge in [-0.25, -0.2) is 0 Å². The van der Waals surface area contributed by atoms with Crippen LogP contribution in [0, 0.1) is 0 Å². The fourth-order valence-electron chi connectivity index (χ4n) is 5.30. The van der Waals surface area contributed by atoms with Gasteiger partial charge in [-0.2, -0.15) is 0 Å². The minimum absolute atomic E-state index is 0.0208. The number of unbranched alkanes of at least 4 members (excludes halogenated alkanes) is 14. The molecular formula is C32H48O6. The molecule has 6 nitrogen and oxygen atoms in total. The lowest BCUT2D eigenvalue weighted by molar-refractivity contribution is -0.0393. The van der Waals surface area contributed by atoms with Gasteiger partial charge in [-0.3, -0.25) is 0 Å². The van der Waals surface area contributed by atoms with Gasteiger partial charge in [-0.05, 0) is 24.1 Å². The van der Waals surface area contributed by atoms with E-state index in [0.717, 1.165) is 12.8 Å². The third-order valence-corrected chi connectivity index (χ3v) is 7.57. The molecule has 6 heteroatoms. The Labute approximate surface area is 228 Å². The highest BCUT2D eigenvalue weighted by atomic mass is 16.5. The highest BCUT2D eigenvalue weighted by Gasteiger charge is 2.34. The van der Waals surface area contributed by atoms with E-state index in [9.17, 15) is 20.4 Å². The molecular weight excluding hydrogens is 480 g/mol. The molecule has 0 amide bonds. The topological polar surface area (TPSA) is 99.4 Å². The van der Waals surface area contributed by atoms with Crippen molar-refractivity contribution in [2.45, 2.75) is 122 Å². The molecule has 2 aromatic carbocycles. The largest absolute Gasteiger partial charge is 0.508 e. The number of phenols is 4. The van der Waals surface area contributed by atoms with Crippen molar-refractivity contribution in [2.24, 2.45) is 0 Å². The summed E-state index contributed by atoms with van der Waals surface area (Å²) in [5, 5.41) is 39.9. The molecule has 1 heterocycles. The van der Waals surface area contributed by atoms with Crippen LogP contribution in [0.5, 0.6) is 28.7 Å². The summed E-state index contributed by atoms with van der Waals surface area (Å²) in [7, 11) is 0. The van der Waals surface area contributed by atoms with Crippen molar-refractivity contribution in [3.63, 3.8) is 0 Å². The van der Waals surface area contributed by atoms with Gasteiger partial charge in [0, 0.05) is 30.7 Å². The Balaban J connectivity index is 1.35. The maximum absolute atomic E-state index is 10.3. The van der Waals surface area contributed by atoms with Crippen molar-refractivity contribution >= 4 is 0 Å². The SMILES string of the molecule is CCCCCCCCCCCCCCCCCO[C@H]1Cc2c(O)cc(O)cc2O[C@@H]1c1ccc(O)c(O)c1. The molecule has 0 aliphatic carbocycles. The van der Waals surface area contributed by atoms with Crippen LogP contribution in [-0.4, -0.2) is 33.1 Å². The van der Waals surface area contributed by atoms with E-state index in [1.807, 2.05) is 0 Å². The smallest absolute Gasteiger partial charge is 0.157 e. The molecule has 3 rings (SSSR count). The van der Waals surface area contributed by atoms with Gasteiger partial charge in [0.1, 0.15) is 23.4 Å². The number of benzene rings is 2. The second kappa shape index (κ2) is 16.4. The molecule has 0 bridgehead atoms. The van der Waals surface area contributed by atoms with Crippen molar-refractivity contribution in [1.29, 1.82) is 0 Å². The fraction of sp³-hybridized carbons (Fsp3) is 0.625. The van der Waals surface area contributed by atoms with Crippen molar-refractivity contribution in [2.75, 3.05) is 6.61 Å². The summed E-state index contributed by atoms with van der Waals surface area (Å²) in [5.41, 5.74) is 1.26. The molecule has 2 aromatic rings. The minimum atomic E-state index is -0.536. The zero-order valence-corrected chi connectivity index (χ0v) is 23.2. The monoisotopic (exact) mass is 528 g/mol. The Morgan fingerprint density at radius 3 is 1.84 bits per heavy atom. The normalized spacial score (nSPS) is 16.8. The predicted octanol–water partition coefficient (Wildman–Crippen LogP) is 8.44. The van der Waals surface area contributed by atoms with Crippen molar-refractivity contribution in [1.82, 2.24) is 0 Å². The fourth-order valence-corrected chi connectivity index (χ4v) is 5.30. The molecule has 4 N–H and O–H groups in total. The molecule has 0 saturated carbocycles. The minimum Gasteiger partial charge on any atom is -0.508 e. The summed E-state index contributed by atoms with van der Waals surface area (Å²) in [6.45, 7) is 2.85. The summed E-state index contributed by atoms with van der Waals surface area (Å²) in [6.07, 6.45) is 19.2. The van der Waals surface area contributed by atoms with Crippen LogP contribution in [0.25, 0.3) is 0 Å². The molecule has 0 saturated heterocycles. The van der Waals surface area contributed by atoms with Gasteiger partial charge in [0.15, 0.2) is 17.6 Å². The molecule has 212 valence electrons. The molecule has 2 atom stereocenters. The van der Waals surface area contributed by atoms with Crippen LogP contribution in [0.2, 0.25) is 0 Å². The number of ether oxygens (including phenoxy) is 2. The lowest BCUT2D eigenvalue weighted by atomic mass is 9.93. The van der Waals surface area contributed by atoms with Crippen LogP contribution in [0.1, 0.15) is 120 Å². The van der Waals surface area contributed by atoms with Gasteiger partial charge >= 0.3 is 0 Å².